The molecular weight excluding hydrogens is 340 g/mol. The van der Waals surface area contributed by atoms with Crippen molar-refractivity contribution in [3.8, 4) is 0 Å². The van der Waals surface area contributed by atoms with E-state index in [1.165, 1.54) is 0 Å². The van der Waals surface area contributed by atoms with E-state index in [1.807, 2.05) is 43.3 Å². The van der Waals surface area contributed by atoms with E-state index in [0.29, 0.717) is 11.2 Å². The Hall–Kier alpha value is -3.15. The smallest absolute Gasteiger partial charge is 0.292 e. The van der Waals surface area contributed by atoms with Crippen LogP contribution >= 0.6 is 0 Å². The lowest BCUT2D eigenvalue weighted by Gasteiger charge is -2.10. The predicted molar refractivity (Wildman–Crippen MR) is 104 cm³/mol. The van der Waals surface area contributed by atoms with Crippen LogP contribution in [0.15, 0.2) is 48.7 Å². The molecule has 6 heteroatoms. The van der Waals surface area contributed by atoms with Crippen LogP contribution in [0.3, 0.4) is 0 Å². The highest BCUT2D eigenvalue weighted by molar-refractivity contribution is 6.06. The first kappa shape index (κ1) is 17.3. The quantitative estimate of drug-likeness (QED) is 0.745. The molecule has 1 aliphatic carbocycles. The standard InChI is InChI=1S/C21H22N4O2/c1-14-7-6-10-16(13-14)23-21(27)19-24-18(17-11-4-5-12-25(17)19)20(26)22-15-8-2-3-9-15/h4-7,10-13,15H,2-3,8-9H2,1H3,(H,22,26)(H,23,27). The number of pyridine rings is 1. The third-order valence-corrected chi connectivity index (χ3v) is 4.93. The molecule has 4 rings (SSSR count). The number of imidazole rings is 1. The Bertz CT molecular complexity index is 1000. The largest absolute Gasteiger partial charge is 0.348 e. The molecule has 0 saturated heterocycles. The second-order valence-electron chi connectivity index (χ2n) is 7.02. The van der Waals surface area contributed by atoms with Crippen molar-refractivity contribution in [2.45, 2.75) is 38.6 Å². The van der Waals surface area contributed by atoms with E-state index in [9.17, 15) is 9.59 Å². The van der Waals surface area contributed by atoms with Crippen molar-refractivity contribution in [3.05, 3.63) is 65.7 Å². The van der Waals surface area contributed by atoms with Gasteiger partial charge in [-0.25, -0.2) is 4.98 Å². The van der Waals surface area contributed by atoms with Crippen LogP contribution in [-0.4, -0.2) is 27.2 Å². The lowest BCUT2D eigenvalue weighted by Crippen LogP contribution is -2.33. The van der Waals surface area contributed by atoms with Crippen molar-refractivity contribution in [2.24, 2.45) is 0 Å². The van der Waals surface area contributed by atoms with Gasteiger partial charge in [0.05, 0.1) is 5.52 Å². The van der Waals surface area contributed by atoms with Crippen molar-refractivity contribution < 1.29 is 9.59 Å². The molecule has 2 aromatic heterocycles. The normalized spacial score (nSPS) is 14.4. The van der Waals surface area contributed by atoms with Crippen LogP contribution < -0.4 is 10.6 Å². The van der Waals surface area contributed by atoms with Crippen LogP contribution in [-0.2, 0) is 0 Å². The molecule has 0 spiro atoms. The van der Waals surface area contributed by atoms with Crippen molar-refractivity contribution in [2.75, 3.05) is 5.32 Å². The molecule has 2 heterocycles. The number of hydrogen-bond donors (Lipinski definition) is 2. The van der Waals surface area contributed by atoms with E-state index in [-0.39, 0.29) is 29.4 Å². The average molecular weight is 362 g/mol. The summed E-state index contributed by atoms with van der Waals surface area (Å²) < 4.78 is 1.66. The molecule has 2 N–H and O–H groups in total. The molecule has 6 nitrogen and oxygen atoms in total. The minimum absolute atomic E-state index is 0.197. The minimum atomic E-state index is -0.346. The van der Waals surface area contributed by atoms with E-state index in [1.54, 1.807) is 16.7 Å². The number of nitrogens with zero attached hydrogens (tertiary/aromatic N) is 2. The Labute approximate surface area is 157 Å². The molecule has 1 aliphatic rings. The van der Waals surface area contributed by atoms with Crippen LogP contribution in [0.2, 0.25) is 0 Å². The molecule has 1 aromatic carbocycles. The molecule has 138 valence electrons. The number of nitrogens with one attached hydrogen (secondary N) is 2. The van der Waals surface area contributed by atoms with Gasteiger partial charge in [-0.05, 0) is 49.6 Å². The van der Waals surface area contributed by atoms with Gasteiger partial charge in [-0.2, -0.15) is 0 Å². The number of rotatable bonds is 4. The topological polar surface area (TPSA) is 75.5 Å². The zero-order chi connectivity index (χ0) is 18.8. The van der Waals surface area contributed by atoms with Gasteiger partial charge in [-0.1, -0.05) is 31.0 Å². The van der Waals surface area contributed by atoms with Crippen LogP contribution in [0, 0.1) is 6.92 Å². The summed E-state index contributed by atoms with van der Waals surface area (Å²) in [6, 6.07) is 13.2. The van der Waals surface area contributed by atoms with Crippen LogP contribution in [0.1, 0.15) is 52.4 Å². The molecule has 27 heavy (non-hydrogen) atoms. The Morgan fingerprint density at radius 2 is 1.89 bits per heavy atom. The van der Waals surface area contributed by atoms with Gasteiger partial charge >= 0.3 is 0 Å². The van der Waals surface area contributed by atoms with E-state index >= 15 is 0 Å². The molecule has 0 atom stereocenters. The molecule has 0 aliphatic heterocycles. The summed E-state index contributed by atoms with van der Waals surface area (Å²) in [5.74, 6) is -0.370. The Morgan fingerprint density at radius 3 is 2.67 bits per heavy atom. The Balaban J connectivity index is 1.64. The molecule has 0 radical (unpaired) electrons. The molecule has 2 amide bonds. The first-order chi connectivity index (χ1) is 13.1. The number of anilines is 1. The molecule has 3 aromatic rings. The zero-order valence-corrected chi connectivity index (χ0v) is 15.2. The molecular formula is C21H22N4O2. The SMILES string of the molecule is Cc1cccc(NC(=O)c2nc(C(=O)NC3CCCC3)c3ccccn23)c1. The van der Waals surface area contributed by atoms with Crippen molar-refractivity contribution in [1.29, 1.82) is 0 Å². The number of aromatic nitrogens is 2. The fraction of sp³-hybridized carbons (Fsp3) is 0.286. The highest BCUT2D eigenvalue weighted by atomic mass is 16.2. The number of carbonyl (C=O) groups excluding carboxylic acids is 2. The lowest BCUT2D eigenvalue weighted by molar-refractivity contribution is 0.0935. The van der Waals surface area contributed by atoms with Gasteiger partial charge < -0.3 is 10.6 Å². The Morgan fingerprint density at radius 1 is 1.07 bits per heavy atom. The van der Waals surface area contributed by atoms with Crippen LogP contribution in [0.5, 0.6) is 0 Å². The fourth-order valence-electron chi connectivity index (χ4n) is 3.60. The maximum Gasteiger partial charge on any atom is 0.292 e. The summed E-state index contributed by atoms with van der Waals surface area (Å²) in [5.41, 5.74) is 2.67. The van der Waals surface area contributed by atoms with Gasteiger partial charge in [0.2, 0.25) is 5.82 Å². The summed E-state index contributed by atoms with van der Waals surface area (Å²) in [4.78, 5) is 29.9. The first-order valence-corrected chi connectivity index (χ1v) is 9.28. The minimum Gasteiger partial charge on any atom is -0.348 e. The molecule has 1 fully saturated rings. The maximum atomic E-state index is 12.8. The number of fused-ring (bicyclic) bond motifs is 1. The summed E-state index contributed by atoms with van der Waals surface area (Å²) in [5, 5.41) is 5.91. The summed E-state index contributed by atoms with van der Waals surface area (Å²) in [6.07, 6.45) is 6.02. The van der Waals surface area contributed by atoms with Gasteiger partial charge in [0, 0.05) is 17.9 Å². The van der Waals surface area contributed by atoms with Crippen LogP contribution in [0.25, 0.3) is 5.52 Å². The van der Waals surface area contributed by atoms with E-state index in [4.69, 9.17) is 0 Å². The van der Waals surface area contributed by atoms with Crippen molar-refractivity contribution in [1.82, 2.24) is 14.7 Å². The van der Waals surface area contributed by atoms with Gasteiger partial charge in [-0.15, -0.1) is 0 Å². The number of hydrogen-bond acceptors (Lipinski definition) is 3. The second kappa shape index (κ2) is 7.23. The highest BCUT2D eigenvalue weighted by Crippen LogP contribution is 2.20. The number of aryl methyl sites for hydroxylation is 1. The maximum absolute atomic E-state index is 12.8. The number of carbonyl (C=O) groups is 2. The molecule has 0 unspecified atom stereocenters. The summed E-state index contributed by atoms with van der Waals surface area (Å²) in [7, 11) is 0. The number of amides is 2. The van der Waals surface area contributed by atoms with E-state index in [0.717, 1.165) is 31.2 Å². The molecule has 0 bridgehead atoms. The van der Waals surface area contributed by atoms with E-state index in [2.05, 4.69) is 15.6 Å². The highest BCUT2D eigenvalue weighted by Gasteiger charge is 2.24. The zero-order valence-electron chi connectivity index (χ0n) is 15.2. The van der Waals surface area contributed by atoms with E-state index < -0.39 is 0 Å². The monoisotopic (exact) mass is 362 g/mol. The fourth-order valence-corrected chi connectivity index (χ4v) is 3.60. The number of benzene rings is 1. The van der Waals surface area contributed by atoms with Crippen molar-refractivity contribution in [3.63, 3.8) is 0 Å². The second-order valence-corrected chi connectivity index (χ2v) is 7.02. The summed E-state index contributed by atoms with van der Waals surface area (Å²) in [6.45, 7) is 1.96. The van der Waals surface area contributed by atoms with Crippen LogP contribution in [0.4, 0.5) is 5.69 Å². The predicted octanol–water partition coefficient (Wildman–Crippen LogP) is 3.57. The van der Waals surface area contributed by atoms with Crippen molar-refractivity contribution >= 4 is 23.0 Å². The lowest BCUT2D eigenvalue weighted by atomic mass is 10.2. The first-order valence-electron chi connectivity index (χ1n) is 9.28. The van der Waals surface area contributed by atoms with Gasteiger partial charge in [0.1, 0.15) is 0 Å². The molecule has 1 saturated carbocycles. The summed E-state index contributed by atoms with van der Waals surface area (Å²) >= 11 is 0. The van der Waals surface area contributed by atoms with Gasteiger partial charge in [-0.3, -0.25) is 14.0 Å². The third-order valence-electron chi connectivity index (χ3n) is 4.93. The third kappa shape index (κ3) is 3.56. The average Bonchev–Trinajstić information content (AvgIpc) is 3.29. The van der Waals surface area contributed by atoms with Gasteiger partial charge in [0.25, 0.3) is 11.8 Å². The van der Waals surface area contributed by atoms with Gasteiger partial charge in [0.15, 0.2) is 5.69 Å². The Kier molecular flexibility index (Phi) is 4.62.